The number of carbonyl (C=O) groups excluding carboxylic acids is 2. The van der Waals surface area contributed by atoms with Crippen molar-refractivity contribution in [3.63, 3.8) is 0 Å². The average molecular weight is 331 g/mol. The summed E-state index contributed by atoms with van der Waals surface area (Å²) in [5.41, 5.74) is 0.554. The Morgan fingerprint density at radius 1 is 1.33 bits per heavy atom. The highest BCUT2D eigenvalue weighted by molar-refractivity contribution is 5.92. The molecule has 7 heteroatoms. The number of nitrogens with one attached hydrogen (secondary N) is 2. The number of amides is 2. The predicted molar refractivity (Wildman–Crippen MR) is 88.5 cm³/mol. The van der Waals surface area contributed by atoms with E-state index in [1.54, 1.807) is 0 Å². The van der Waals surface area contributed by atoms with Crippen LogP contribution in [0.3, 0.4) is 0 Å². The fourth-order valence-corrected chi connectivity index (χ4v) is 4.37. The molecule has 1 saturated carbocycles. The quantitative estimate of drug-likeness (QED) is 0.800. The number of fused-ring (bicyclic) bond motifs is 2. The molecule has 1 aromatic heterocycles. The van der Waals surface area contributed by atoms with E-state index in [4.69, 9.17) is 0 Å². The number of nitrogens with zero attached hydrogens (tertiary/aromatic N) is 3. The Balaban J connectivity index is 1.46. The van der Waals surface area contributed by atoms with Crippen molar-refractivity contribution in [3.8, 4) is 0 Å². The highest BCUT2D eigenvalue weighted by atomic mass is 16.2. The summed E-state index contributed by atoms with van der Waals surface area (Å²) in [5, 5.41) is 6.29. The van der Waals surface area contributed by atoms with E-state index in [1.165, 1.54) is 0 Å². The first-order chi connectivity index (χ1) is 11.6. The van der Waals surface area contributed by atoms with Crippen molar-refractivity contribution >= 4 is 11.8 Å². The largest absolute Gasteiger partial charge is 0.356 e. The van der Waals surface area contributed by atoms with Crippen LogP contribution in [0.1, 0.15) is 35.6 Å². The minimum Gasteiger partial charge on any atom is -0.356 e. The number of carbonyl (C=O) groups is 2. The van der Waals surface area contributed by atoms with Gasteiger partial charge >= 0.3 is 0 Å². The Morgan fingerprint density at radius 3 is 3.04 bits per heavy atom. The molecule has 3 atom stereocenters. The molecular weight excluding hydrogens is 306 g/mol. The van der Waals surface area contributed by atoms with Gasteiger partial charge in [-0.25, -0.2) is 4.98 Å². The molecule has 2 amide bonds. The van der Waals surface area contributed by atoms with Crippen LogP contribution in [0, 0.1) is 11.8 Å². The monoisotopic (exact) mass is 331 g/mol. The van der Waals surface area contributed by atoms with Gasteiger partial charge in [-0.15, -0.1) is 0 Å². The van der Waals surface area contributed by atoms with E-state index in [9.17, 15) is 9.59 Å². The summed E-state index contributed by atoms with van der Waals surface area (Å²) in [5.74, 6) is 2.08. The van der Waals surface area contributed by atoms with Crippen molar-refractivity contribution in [2.45, 2.75) is 38.3 Å². The van der Waals surface area contributed by atoms with E-state index in [-0.39, 0.29) is 17.9 Å². The molecule has 0 radical (unpaired) electrons. The van der Waals surface area contributed by atoms with Gasteiger partial charge in [0.1, 0.15) is 11.5 Å². The highest BCUT2D eigenvalue weighted by Gasteiger charge is 2.41. The lowest BCUT2D eigenvalue weighted by Gasteiger charge is -2.24. The van der Waals surface area contributed by atoms with Gasteiger partial charge < -0.3 is 20.1 Å². The van der Waals surface area contributed by atoms with Gasteiger partial charge in [-0.1, -0.05) is 0 Å². The van der Waals surface area contributed by atoms with E-state index in [0.717, 1.165) is 51.3 Å². The Bertz CT molecular complexity index is 632. The van der Waals surface area contributed by atoms with Gasteiger partial charge in [0.2, 0.25) is 5.91 Å². The molecule has 0 spiro atoms. The maximum Gasteiger partial charge on any atom is 0.274 e. The van der Waals surface area contributed by atoms with E-state index < -0.39 is 0 Å². The number of hydrogen-bond acceptors (Lipinski definition) is 4. The maximum absolute atomic E-state index is 12.9. The van der Waals surface area contributed by atoms with Gasteiger partial charge in [-0.2, -0.15) is 0 Å². The number of aromatic nitrogens is 2. The molecule has 3 heterocycles. The summed E-state index contributed by atoms with van der Waals surface area (Å²) in [7, 11) is 1.88. The second kappa shape index (κ2) is 6.20. The van der Waals surface area contributed by atoms with Crippen LogP contribution in [0.25, 0.3) is 0 Å². The molecule has 1 saturated heterocycles. The summed E-state index contributed by atoms with van der Waals surface area (Å²) in [6.07, 6.45) is 5.27. The first-order valence-electron chi connectivity index (χ1n) is 8.92. The summed E-state index contributed by atoms with van der Waals surface area (Å²) in [6, 6.07) is 0.211. The van der Waals surface area contributed by atoms with Crippen LogP contribution in [0.4, 0.5) is 0 Å². The van der Waals surface area contributed by atoms with Crippen LogP contribution in [0.2, 0.25) is 0 Å². The minimum atomic E-state index is 0.00599. The Kier molecular flexibility index (Phi) is 4.04. The number of rotatable bonds is 2. The predicted octanol–water partition coefficient (Wildman–Crippen LogP) is 0.0155. The van der Waals surface area contributed by atoms with Crippen LogP contribution >= 0.6 is 0 Å². The highest BCUT2D eigenvalue weighted by Crippen LogP contribution is 2.38. The van der Waals surface area contributed by atoms with Crippen LogP contribution in [0.5, 0.6) is 0 Å². The second-order valence-electron chi connectivity index (χ2n) is 7.31. The maximum atomic E-state index is 12.9. The van der Waals surface area contributed by atoms with Crippen molar-refractivity contribution in [3.05, 3.63) is 17.7 Å². The van der Waals surface area contributed by atoms with Crippen LogP contribution in [-0.4, -0.2) is 59.0 Å². The molecular formula is C17H25N5O2. The minimum absolute atomic E-state index is 0.00599. The van der Waals surface area contributed by atoms with Gasteiger partial charge in [-0.05, 0) is 24.7 Å². The molecule has 0 aromatic carbocycles. The van der Waals surface area contributed by atoms with E-state index >= 15 is 0 Å². The first-order valence-corrected chi connectivity index (χ1v) is 8.92. The van der Waals surface area contributed by atoms with Crippen LogP contribution in [0.15, 0.2) is 6.20 Å². The lowest BCUT2D eigenvalue weighted by molar-refractivity contribution is -0.124. The molecule has 24 heavy (non-hydrogen) atoms. The Hall–Kier alpha value is -1.89. The molecule has 0 unspecified atom stereocenters. The summed E-state index contributed by atoms with van der Waals surface area (Å²) >= 11 is 0. The molecule has 130 valence electrons. The van der Waals surface area contributed by atoms with Gasteiger partial charge in [0.15, 0.2) is 0 Å². The van der Waals surface area contributed by atoms with E-state index in [0.29, 0.717) is 24.0 Å². The molecule has 1 aliphatic carbocycles. The normalized spacial score (nSPS) is 29.4. The zero-order chi connectivity index (χ0) is 16.7. The molecule has 0 bridgehead atoms. The summed E-state index contributed by atoms with van der Waals surface area (Å²) in [6.45, 7) is 3.45. The smallest absolute Gasteiger partial charge is 0.274 e. The third-order valence-corrected chi connectivity index (χ3v) is 5.83. The lowest BCUT2D eigenvalue weighted by atomic mass is 9.89. The second-order valence-corrected chi connectivity index (χ2v) is 7.31. The Labute approximate surface area is 141 Å². The first kappa shape index (κ1) is 15.6. The van der Waals surface area contributed by atoms with Crippen LogP contribution in [-0.2, 0) is 17.8 Å². The van der Waals surface area contributed by atoms with Crippen molar-refractivity contribution in [2.75, 3.05) is 26.7 Å². The molecule has 2 fully saturated rings. The van der Waals surface area contributed by atoms with Crippen molar-refractivity contribution in [2.24, 2.45) is 11.8 Å². The number of piperidine rings is 1. The third kappa shape index (κ3) is 2.81. The average Bonchev–Trinajstić information content (AvgIpc) is 3.11. The third-order valence-electron chi connectivity index (χ3n) is 5.83. The molecule has 3 aliphatic rings. The fraction of sp³-hybridized carbons (Fsp3) is 0.706. The lowest BCUT2D eigenvalue weighted by Crippen LogP contribution is -2.38. The molecule has 2 N–H and O–H groups in total. The van der Waals surface area contributed by atoms with Crippen molar-refractivity contribution in [1.82, 2.24) is 25.1 Å². The van der Waals surface area contributed by atoms with Crippen molar-refractivity contribution in [1.29, 1.82) is 0 Å². The number of imidazole rings is 1. The van der Waals surface area contributed by atoms with Gasteiger partial charge in [0, 0.05) is 58.3 Å². The van der Waals surface area contributed by atoms with Crippen LogP contribution < -0.4 is 10.6 Å². The molecule has 4 rings (SSSR count). The zero-order valence-corrected chi connectivity index (χ0v) is 14.1. The summed E-state index contributed by atoms with van der Waals surface area (Å²) in [4.78, 5) is 30.8. The van der Waals surface area contributed by atoms with E-state index in [2.05, 4.69) is 20.2 Å². The zero-order valence-electron chi connectivity index (χ0n) is 14.1. The SMILES string of the molecule is CN(C(=O)c1cn2c(n1)CCNCC2)[C@H]1C[C@H]2CC(=O)NC[C@H]2C1. The topological polar surface area (TPSA) is 79.3 Å². The van der Waals surface area contributed by atoms with Gasteiger partial charge in [0.25, 0.3) is 5.91 Å². The Morgan fingerprint density at radius 2 is 2.17 bits per heavy atom. The standard InChI is InChI=1S/C17H25N5O2/c1-21(13-6-11-8-16(23)19-9-12(11)7-13)17(24)14-10-22-5-4-18-3-2-15(22)20-14/h10-13,18H,2-9H2,1H3,(H,19,23)/t11-,12+,13-/m0/s1. The van der Waals surface area contributed by atoms with Crippen molar-refractivity contribution < 1.29 is 9.59 Å². The van der Waals surface area contributed by atoms with E-state index in [1.807, 2.05) is 18.1 Å². The summed E-state index contributed by atoms with van der Waals surface area (Å²) < 4.78 is 2.10. The molecule has 7 nitrogen and oxygen atoms in total. The van der Waals surface area contributed by atoms with Gasteiger partial charge in [0.05, 0.1) is 0 Å². The number of hydrogen-bond donors (Lipinski definition) is 2. The fourth-order valence-electron chi connectivity index (χ4n) is 4.37. The van der Waals surface area contributed by atoms with Gasteiger partial charge in [-0.3, -0.25) is 9.59 Å². The molecule has 1 aromatic rings. The molecule has 2 aliphatic heterocycles.